The zero-order valence-electron chi connectivity index (χ0n) is 13.4. The van der Waals surface area contributed by atoms with Crippen molar-refractivity contribution in [2.45, 2.75) is 25.7 Å². The molecule has 0 spiro atoms. The summed E-state index contributed by atoms with van der Waals surface area (Å²) in [4.78, 5) is 48.2. The Balaban J connectivity index is 2.31. The molecular formula is C20H18O4. The molecule has 0 aliphatic heterocycles. The number of Topliss-reactive ketones (excluding diaryl/α,β-unsaturated/α-hetero) is 4. The van der Waals surface area contributed by atoms with Crippen molar-refractivity contribution in [2.24, 2.45) is 0 Å². The molecule has 0 aromatic heterocycles. The highest BCUT2D eigenvalue weighted by atomic mass is 16.2. The van der Waals surface area contributed by atoms with Gasteiger partial charge in [-0.3, -0.25) is 19.2 Å². The van der Waals surface area contributed by atoms with E-state index in [2.05, 4.69) is 0 Å². The van der Waals surface area contributed by atoms with E-state index in [1.54, 1.807) is 60.7 Å². The number of hydrogen-bond acceptors (Lipinski definition) is 4. The van der Waals surface area contributed by atoms with Gasteiger partial charge in [0.05, 0.1) is 5.92 Å². The maximum Gasteiger partial charge on any atom is 0.264 e. The largest absolute Gasteiger partial charge is 0.293 e. The summed E-state index contributed by atoms with van der Waals surface area (Å²) in [5.74, 6) is -3.60. The molecule has 2 aromatic rings. The van der Waals surface area contributed by atoms with Crippen molar-refractivity contribution in [3.63, 3.8) is 0 Å². The van der Waals surface area contributed by atoms with Crippen LogP contribution in [0.1, 0.15) is 41.6 Å². The van der Waals surface area contributed by atoms with Crippen LogP contribution in [-0.2, 0) is 14.4 Å². The standard InChI is InChI=1S/C20H18O4/c1-2-17(21)20(24)18(22)13-16(14-9-5-3-6-10-14)19(23)15-11-7-4-8-12-15/h3-12,16H,2,13H2,1H3. The first kappa shape index (κ1) is 17.5. The van der Waals surface area contributed by atoms with E-state index in [9.17, 15) is 19.2 Å². The second-order valence-corrected chi connectivity index (χ2v) is 5.43. The van der Waals surface area contributed by atoms with Gasteiger partial charge in [0.2, 0.25) is 11.6 Å². The molecule has 4 nitrogen and oxygen atoms in total. The maximum atomic E-state index is 12.8. The zero-order chi connectivity index (χ0) is 17.5. The van der Waals surface area contributed by atoms with Crippen molar-refractivity contribution < 1.29 is 19.2 Å². The number of benzene rings is 2. The summed E-state index contributed by atoms with van der Waals surface area (Å²) in [6, 6.07) is 17.4. The van der Waals surface area contributed by atoms with Crippen molar-refractivity contribution in [3.8, 4) is 0 Å². The minimum absolute atomic E-state index is 0.0206. The number of rotatable bonds is 8. The van der Waals surface area contributed by atoms with Crippen LogP contribution in [0.3, 0.4) is 0 Å². The molecule has 122 valence electrons. The molecule has 24 heavy (non-hydrogen) atoms. The van der Waals surface area contributed by atoms with Crippen molar-refractivity contribution >= 4 is 23.1 Å². The molecule has 0 amide bonds. The van der Waals surface area contributed by atoms with E-state index in [1.165, 1.54) is 6.92 Å². The molecular weight excluding hydrogens is 304 g/mol. The summed E-state index contributed by atoms with van der Waals surface area (Å²) in [7, 11) is 0. The first-order chi connectivity index (χ1) is 11.5. The number of hydrogen-bond donors (Lipinski definition) is 0. The van der Waals surface area contributed by atoms with Gasteiger partial charge in [-0.2, -0.15) is 0 Å². The molecule has 2 aromatic carbocycles. The van der Waals surface area contributed by atoms with Gasteiger partial charge in [-0.25, -0.2) is 0 Å². The lowest BCUT2D eigenvalue weighted by molar-refractivity contribution is -0.144. The number of carbonyl (C=O) groups excluding carboxylic acids is 4. The highest BCUT2D eigenvalue weighted by molar-refractivity contribution is 6.64. The summed E-state index contributed by atoms with van der Waals surface area (Å²) in [5, 5.41) is 0. The van der Waals surface area contributed by atoms with Gasteiger partial charge in [0, 0.05) is 18.4 Å². The fourth-order valence-corrected chi connectivity index (χ4v) is 2.45. The number of carbonyl (C=O) groups is 4. The normalized spacial score (nSPS) is 11.5. The van der Waals surface area contributed by atoms with Crippen LogP contribution in [-0.4, -0.2) is 23.1 Å². The highest BCUT2D eigenvalue weighted by Crippen LogP contribution is 2.25. The Morgan fingerprint density at radius 3 is 1.88 bits per heavy atom. The first-order valence-corrected chi connectivity index (χ1v) is 7.79. The first-order valence-electron chi connectivity index (χ1n) is 7.79. The quantitative estimate of drug-likeness (QED) is 0.425. The van der Waals surface area contributed by atoms with Gasteiger partial charge in [0.15, 0.2) is 5.78 Å². The fraction of sp³-hybridized carbons (Fsp3) is 0.200. The lowest BCUT2D eigenvalue weighted by Gasteiger charge is -2.15. The van der Waals surface area contributed by atoms with Crippen LogP contribution in [0.25, 0.3) is 0 Å². The molecule has 0 saturated heterocycles. The Hall–Kier alpha value is -2.88. The molecule has 0 aliphatic rings. The van der Waals surface area contributed by atoms with Gasteiger partial charge in [0.1, 0.15) is 0 Å². The third-order valence-electron chi connectivity index (χ3n) is 3.79. The van der Waals surface area contributed by atoms with Gasteiger partial charge in [-0.15, -0.1) is 0 Å². The Morgan fingerprint density at radius 2 is 1.33 bits per heavy atom. The summed E-state index contributed by atoms with van der Waals surface area (Å²) in [5.41, 5.74) is 1.12. The Morgan fingerprint density at radius 1 is 0.792 bits per heavy atom. The summed E-state index contributed by atoms with van der Waals surface area (Å²) in [6.45, 7) is 1.53. The minimum atomic E-state index is -1.03. The van der Waals surface area contributed by atoms with E-state index >= 15 is 0 Å². The fourth-order valence-electron chi connectivity index (χ4n) is 2.45. The third-order valence-corrected chi connectivity index (χ3v) is 3.79. The molecule has 0 aliphatic carbocycles. The molecule has 1 atom stereocenters. The van der Waals surface area contributed by atoms with Crippen LogP contribution in [0.4, 0.5) is 0 Å². The van der Waals surface area contributed by atoms with Gasteiger partial charge in [0.25, 0.3) is 5.78 Å². The molecule has 0 radical (unpaired) electrons. The van der Waals surface area contributed by atoms with E-state index in [1.807, 2.05) is 0 Å². The van der Waals surface area contributed by atoms with E-state index in [4.69, 9.17) is 0 Å². The summed E-state index contributed by atoms with van der Waals surface area (Å²) < 4.78 is 0. The second-order valence-electron chi connectivity index (χ2n) is 5.43. The molecule has 0 N–H and O–H groups in total. The van der Waals surface area contributed by atoms with E-state index in [-0.39, 0.29) is 18.6 Å². The zero-order valence-corrected chi connectivity index (χ0v) is 13.4. The molecule has 2 rings (SSSR count). The number of ketones is 4. The molecule has 0 heterocycles. The minimum Gasteiger partial charge on any atom is -0.293 e. The average molecular weight is 322 g/mol. The van der Waals surface area contributed by atoms with Gasteiger partial charge in [-0.1, -0.05) is 67.6 Å². The van der Waals surface area contributed by atoms with Crippen LogP contribution in [0.5, 0.6) is 0 Å². The Kier molecular flexibility index (Phi) is 5.90. The van der Waals surface area contributed by atoms with Gasteiger partial charge >= 0.3 is 0 Å². The van der Waals surface area contributed by atoms with Crippen LogP contribution < -0.4 is 0 Å². The van der Waals surface area contributed by atoms with Crippen molar-refractivity contribution in [1.82, 2.24) is 0 Å². The van der Waals surface area contributed by atoms with Gasteiger partial charge in [-0.05, 0) is 5.56 Å². The molecule has 0 fully saturated rings. The van der Waals surface area contributed by atoms with E-state index in [0.717, 1.165) is 0 Å². The molecule has 0 saturated carbocycles. The molecule has 4 heteroatoms. The molecule has 1 unspecified atom stereocenters. The molecule has 0 bridgehead atoms. The second kappa shape index (κ2) is 8.11. The van der Waals surface area contributed by atoms with Crippen LogP contribution in [0, 0.1) is 0 Å². The topological polar surface area (TPSA) is 68.3 Å². The van der Waals surface area contributed by atoms with Crippen LogP contribution in [0.2, 0.25) is 0 Å². The third kappa shape index (κ3) is 4.10. The Bertz CT molecular complexity index is 748. The smallest absolute Gasteiger partial charge is 0.264 e. The monoisotopic (exact) mass is 322 g/mol. The van der Waals surface area contributed by atoms with Crippen molar-refractivity contribution in [3.05, 3.63) is 71.8 Å². The maximum absolute atomic E-state index is 12.8. The predicted octanol–water partition coefficient (Wildman–Crippen LogP) is 3.16. The van der Waals surface area contributed by atoms with Crippen molar-refractivity contribution in [1.29, 1.82) is 0 Å². The van der Waals surface area contributed by atoms with Crippen molar-refractivity contribution in [2.75, 3.05) is 0 Å². The lowest BCUT2D eigenvalue weighted by Crippen LogP contribution is -2.27. The summed E-state index contributed by atoms with van der Waals surface area (Å²) in [6.07, 6.45) is -0.324. The Labute approximate surface area is 140 Å². The lowest BCUT2D eigenvalue weighted by atomic mass is 9.85. The average Bonchev–Trinajstić information content (AvgIpc) is 2.65. The summed E-state index contributed by atoms with van der Waals surface area (Å²) >= 11 is 0. The SMILES string of the molecule is CCC(=O)C(=O)C(=O)CC(C(=O)c1ccccc1)c1ccccc1. The van der Waals surface area contributed by atoms with E-state index in [0.29, 0.717) is 11.1 Å². The van der Waals surface area contributed by atoms with Gasteiger partial charge < -0.3 is 0 Å². The van der Waals surface area contributed by atoms with Crippen LogP contribution >= 0.6 is 0 Å². The van der Waals surface area contributed by atoms with E-state index < -0.39 is 23.3 Å². The predicted molar refractivity (Wildman–Crippen MR) is 89.9 cm³/mol. The van der Waals surface area contributed by atoms with Crippen LogP contribution in [0.15, 0.2) is 60.7 Å². The highest BCUT2D eigenvalue weighted by Gasteiger charge is 2.29.